The van der Waals surface area contributed by atoms with Crippen molar-refractivity contribution in [2.45, 2.75) is 69.4 Å². The molecule has 0 bridgehead atoms. The molecule has 6 heterocycles. The van der Waals surface area contributed by atoms with Gasteiger partial charge in [-0.05, 0) is 67.6 Å². The molecular formula is C53H63N9O10. The van der Waals surface area contributed by atoms with Gasteiger partial charge in [-0.2, -0.15) is 15.2 Å². The summed E-state index contributed by atoms with van der Waals surface area (Å²) < 4.78 is 35.6. The largest absolute Gasteiger partial charge is 0.491 e. The van der Waals surface area contributed by atoms with Gasteiger partial charge < -0.3 is 48.0 Å². The minimum absolute atomic E-state index is 0.0211. The minimum atomic E-state index is -0.656. The van der Waals surface area contributed by atoms with Gasteiger partial charge in [0.2, 0.25) is 17.7 Å². The summed E-state index contributed by atoms with van der Waals surface area (Å²) in [4.78, 5) is 69.7. The highest BCUT2D eigenvalue weighted by Crippen LogP contribution is 2.36. The molecule has 0 radical (unpaired) electrons. The summed E-state index contributed by atoms with van der Waals surface area (Å²) in [6.07, 6.45) is 3.60. The fourth-order valence-corrected chi connectivity index (χ4v) is 10.3. The van der Waals surface area contributed by atoms with Crippen molar-refractivity contribution >= 4 is 45.9 Å². The van der Waals surface area contributed by atoms with Crippen LogP contribution in [0.1, 0.15) is 52.9 Å². The number of likely N-dealkylation sites (tertiary alicyclic amines) is 1. The van der Waals surface area contributed by atoms with E-state index in [0.717, 1.165) is 54.3 Å². The molecule has 3 aromatic carbocycles. The molecule has 3 fully saturated rings. The Labute approximate surface area is 419 Å². The highest BCUT2D eigenvalue weighted by Gasteiger charge is 2.40. The highest BCUT2D eigenvalue weighted by molar-refractivity contribution is 6.05. The number of amides is 4. The number of nitrogens with zero attached hydrogens (tertiary/aromatic N) is 8. The van der Waals surface area contributed by atoms with Crippen LogP contribution in [-0.4, -0.2) is 172 Å². The molecule has 1 N–H and O–H groups in total. The zero-order chi connectivity index (χ0) is 50.0. The molecule has 9 rings (SSSR count). The van der Waals surface area contributed by atoms with Gasteiger partial charge in [0.05, 0.1) is 83.1 Å². The first-order chi connectivity index (χ1) is 35.2. The van der Waals surface area contributed by atoms with E-state index >= 15 is 0 Å². The second-order valence-electron chi connectivity index (χ2n) is 18.7. The van der Waals surface area contributed by atoms with Crippen LogP contribution >= 0.6 is 0 Å². The van der Waals surface area contributed by atoms with E-state index in [-0.39, 0.29) is 55.3 Å². The van der Waals surface area contributed by atoms with Crippen molar-refractivity contribution in [1.82, 2.24) is 30.0 Å². The lowest BCUT2D eigenvalue weighted by Crippen LogP contribution is -2.55. The molecule has 0 spiro atoms. The molecule has 5 aliphatic heterocycles. The van der Waals surface area contributed by atoms with Crippen LogP contribution in [0.5, 0.6) is 11.8 Å². The molecule has 3 saturated heterocycles. The molecule has 380 valence electrons. The van der Waals surface area contributed by atoms with Crippen LogP contribution in [0.25, 0.3) is 10.8 Å². The zero-order valence-corrected chi connectivity index (χ0v) is 40.9. The minimum Gasteiger partial charge on any atom is -0.491 e. The molecule has 5 aliphatic rings. The number of aromatic nitrogens is 2. The topological polar surface area (TPSA) is 201 Å². The molecule has 1 unspecified atom stereocenters. The molecule has 1 aromatic heterocycles. The van der Waals surface area contributed by atoms with Gasteiger partial charge in [-0.15, -0.1) is 0 Å². The number of ether oxygens (including phenoxy) is 6. The van der Waals surface area contributed by atoms with Gasteiger partial charge in [-0.1, -0.05) is 43.0 Å². The Morgan fingerprint density at radius 1 is 0.847 bits per heavy atom. The van der Waals surface area contributed by atoms with Crippen molar-refractivity contribution in [1.29, 1.82) is 5.26 Å². The summed E-state index contributed by atoms with van der Waals surface area (Å²) >= 11 is 0. The van der Waals surface area contributed by atoms with E-state index in [1.54, 1.807) is 17.0 Å². The van der Waals surface area contributed by atoms with Gasteiger partial charge in [0, 0.05) is 73.9 Å². The Hall–Kier alpha value is -6.69. The maximum atomic E-state index is 12.9. The Kier molecular flexibility index (Phi) is 16.5. The predicted molar refractivity (Wildman–Crippen MR) is 266 cm³/mol. The second-order valence-corrected chi connectivity index (χ2v) is 18.7. The van der Waals surface area contributed by atoms with Crippen LogP contribution in [0.2, 0.25) is 0 Å². The summed E-state index contributed by atoms with van der Waals surface area (Å²) in [5.41, 5.74) is 4.46. The lowest BCUT2D eigenvalue weighted by atomic mass is 10.0. The molecule has 19 nitrogen and oxygen atoms in total. The third kappa shape index (κ3) is 11.8. The normalized spacial score (nSPS) is 21.1. The summed E-state index contributed by atoms with van der Waals surface area (Å²) in [5.74, 6) is 0.275. The van der Waals surface area contributed by atoms with Crippen LogP contribution in [0.3, 0.4) is 0 Å². The predicted octanol–water partition coefficient (Wildman–Crippen LogP) is 3.67. The Morgan fingerprint density at radius 2 is 1.62 bits per heavy atom. The van der Waals surface area contributed by atoms with Crippen molar-refractivity contribution in [2.75, 3.05) is 109 Å². The van der Waals surface area contributed by atoms with Gasteiger partial charge in [0.1, 0.15) is 30.8 Å². The molecule has 4 aromatic rings. The van der Waals surface area contributed by atoms with Crippen molar-refractivity contribution in [3.05, 3.63) is 95.7 Å². The Balaban J connectivity index is 0.682. The summed E-state index contributed by atoms with van der Waals surface area (Å²) in [7, 11) is 2.07. The number of hydrogen-bond donors (Lipinski definition) is 1. The number of nitriles is 1. The lowest BCUT2D eigenvalue weighted by molar-refractivity contribution is -0.137. The molecular weight excluding hydrogens is 923 g/mol. The molecule has 19 heteroatoms. The molecule has 0 aliphatic carbocycles. The number of nitrogens with one attached hydrogen (secondary N) is 1. The summed E-state index contributed by atoms with van der Waals surface area (Å²) in [5, 5.41) is 14.4. The van der Waals surface area contributed by atoms with Gasteiger partial charge in [-0.25, -0.2) is 0 Å². The van der Waals surface area contributed by atoms with E-state index < -0.39 is 11.9 Å². The van der Waals surface area contributed by atoms with Crippen molar-refractivity contribution in [2.24, 2.45) is 0 Å². The molecule has 4 amide bonds. The Morgan fingerprint density at radius 3 is 2.42 bits per heavy atom. The van der Waals surface area contributed by atoms with E-state index in [1.165, 1.54) is 21.7 Å². The number of rotatable bonds is 22. The van der Waals surface area contributed by atoms with E-state index in [2.05, 4.69) is 82.2 Å². The maximum absolute atomic E-state index is 12.9. The zero-order valence-electron chi connectivity index (χ0n) is 40.9. The Bertz CT molecular complexity index is 2660. The number of anilines is 2. The average molecular weight is 986 g/mol. The standard InChI is InChI=1S/C53H63N9O10/c1-3-49(64)61-20-19-60(32-38(61)15-17-54)50-44-16-18-59(46-10-6-8-36-7-4-5-9-42(36)46)34-45(44)55-53(57-50)72-35-39-30-41(33-58(39)2)71-28-26-69-24-22-67-21-23-68-25-27-70-40-11-12-43-37(29-40)31-62(52(43)66)47-13-14-48(63)56-51(47)65/h3-12,29,38-39,41,47H,1,13-16,18-28,30-35H2,2H3,(H,56,63,65)/t38-,39-,41+,47?/m0/s1. The van der Waals surface area contributed by atoms with E-state index in [0.29, 0.717) is 109 Å². The van der Waals surface area contributed by atoms with Crippen LogP contribution in [-0.2, 0) is 52.8 Å². The van der Waals surface area contributed by atoms with Crippen LogP contribution in [0.4, 0.5) is 11.5 Å². The van der Waals surface area contributed by atoms with E-state index in [9.17, 15) is 24.4 Å². The van der Waals surface area contributed by atoms with Gasteiger partial charge >= 0.3 is 6.01 Å². The first kappa shape index (κ1) is 50.3. The number of piperidine rings is 1. The third-order valence-corrected chi connectivity index (χ3v) is 14.1. The fourth-order valence-electron chi connectivity index (χ4n) is 10.3. The van der Waals surface area contributed by atoms with E-state index in [4.69, 9.17) is 38.4 Å². The van der Waals surface area contributed by atoms with Crippen LogP contribution < -0.4 is 24.6 Å². The van der Waals surface area contributed by atoms with E-state index in [1.807, 2.05) is 6.07 Å². The summed E-state index contributed by atoms with van der Waals surface area (Å²) in [6.45, 7) is 11.2. The first-order valence-corrected chi connectivity index (χ1v) is 24.9. The smallest absolute Gasteiger partial charge is 0.318 e. The molecule has 72 heavy (non-hydrogen) atoms. The SMILES string of the molecule is C=CC(=O)N1CCN(c2nc(OC[C@@H]3C[C@@H](OCCOCCOCCOCCOc4ccc5c(c4)CN(C4CCC(=O)NC4=O)C5=O)CN3C)nc3c2CCN(c2cccc4ccccc24)C3)C[C@@H]1CC#N. The number of carbonyl (C=O) groups excluding carboxylic acids is 4. The average Bonchev–Trinajstić information content (AvgIpc) is 3.92. The molecule has 4 atom stereocenters. The monoisotopic (exact) mass is 985 g/mol. The number of likely N-dealkylation sites (N-methyl/N-ethyl adjacent to an activating group) is 1. The number of imide groups is 1. The second kappa shape index (κ2) is 23.7. The highest BCUT2D eigenvalue weighted by atomic mass is 16.6. The number of benzene rings is 3. The van der Waals surface area contributed by atoms with Crippen molar-refractivity contribution < 1.29 is 47.6 Å². The number of carbonyl (C=O) groups is 4. The van der Waals surface area contributed by atoms with Gasteiger partial charge in [-0.3, -0.25) is 29.4 Å². The van der Waals surface area contributed by atoms with Crippen LogP contribution in [0.15, 0.2) is 73.3 Å². The first-order valence-electron chi connectivity index (χ1n) is 24.9. The van der Waals surface area contributed by atoms with Gasteiger partial charge in [0.25, 0.3) is 5.91 Å². The summed E-state index contributed by atoms with van der Waals surface area (Å²) in [6, 6.07) is 21.8. The number of hydrogen-bond acceptors (Lipinski definition) is 16. The number of fused-ring (bicyclic) bond motifs is 3. The van der Waals surface area contributed by atoms with Crippen molar-refractivity contribution in [3.63, 3.8) is 0 Å². The van der Waals surface area contributed by atoms with Gasteiger partial charge in [0.15, 0.2) is 0 Å². The maximum Gasteiger partial charge on any atom is 0.318 e. The quantitative estimate of drug-likeness (QED) is 0.0679. The third-order valence-electron chi connectivity index (χ3n) is 14.1. The number of piperazine rings is 1. The fraction of sp³-hybridized carbons (Fsp3) is 0.491. The van der Waals surface area contributed by atoms with Crippen LogP contribution in [0, 0.1) is 11.3 Å². The lowest BCUT2D eigenvalue weighted by Gasteiger charge is -2.42. The van der Waals surface area contributed by atoms with Crippen molar-refractivity contribution in [3.8, 4) is 17.8 Å². The molecule has 0 saturated carbocycles.